The molecule has 5 fully saturated rings. The molecule has 8 heteroatoms. The van der Waals surface area contributed by atoms with Crippen LogP contribution in [0.1, 0.15) is 165 Å². The summed E-state index contributed by atoms with van der Waals surface area (Å²) in [7, 11) is 1.33. The number of carbonyl (C=O) groups is 4. The molecule has 2 N–H and O–H groups in total. The van der Waals surface area contributed by atoms with Gasteiger partial charge in [-0.1, -0.05) is 66.0 Å². The lowest BCUT2D eigenvalue weighted by Gasteiger charge is -2.72. The summed E-state index contributed by atoms with van der Waals surface area (Å²) >= 11 is 0. The number of esters is 2. The standard InChI is InChI=1S/C45H74N2O6/c1-29(2)31-20-25-45(38(50)46-28-16-14-12-13-15-17-36(49)47-41(6,7)39(51)52-11)27-26-43(9)32(37(31)45)18-19-34-42(8)23-22-35(53-30(3)48)40(4,5)33(42)21-24-44(34,43)10/h31-35,37H,1,12-28H2,2-11H3,(H,46,50)(H,47,49)/t31-,32+,33-,34+,35-,37+,42-,43+,44+,45-/m0/s1. The SMILES string of the molecule is C=C(C)[C@@H]1CC[C@]2(C(=O)NCCCCCCCC(=O)NC(C)(C)C(=O)OC)CC[C@]3(C)[C@H](CC[C@@H]4[C@@]5(C)CC[C@H](OC(C)=O)C(C)(C)[C@@H]5CC[C@]43C)[C@@H]12. The monoisotopic (exact) mass is 739 g/mol. The maximum Gasteiger partial charge on any atom is 0.330 e. The molecular formula is C45H74N2O6. The number of hydrogen-bond donors (Lipinski definition) is 2. The molecule has 300 valence electrons. The lowest BCUT2D eigenvalue weighted by Crippen LogP contribution is -2.67. The van der Waals surface area contributed by atoms with Crippen LogP contribution in [0.5, 0.6) is 0 Å². The van der Waals surface area contributed by atoms with Gasteiger partial charge in [0.05, 0.1) is 12.5 Å². The van der Waals surface area contributed by atoms with Crippen molar-refractivity contribution in [3.05, 3.63) is 12.2 Å². The molecule has 0 aromatic rings. The van der Waals surface area contributed by atoms with Crippen molar-refractivity contribution in [3.8, 4) is 0 Å². The first kappa shape index (κ1) is 41.8. The van der Waals surface area contributed by atoms with E-state index in [2.05, 4.69) is 58.8 Å². The predicted octanol–water partition coefficient (Wildman–Crippen LogP) is 9.10. The van der Waals surface area contributed by atoms with Crippen molar-refractivity contribution in [2.45, 2.75) is 177 Å². The van der Waals surface area contributed by atoms with Crippen molar-refractivity contribution in [1.29, 1.82) is 0 Å². The summed E-state index contributed by atoms with van der Waals surface area (Å²) in [6.07, 6.45) is 16.0. The Balaban J connectivity index is 1.21. The van der Waals surface area contributed by atoms with Crippen LogP contribution in [0.4, 0.5) is 0 Å². The van der Waals surface area contributed by atoms with Gasteiger partial charge in [0.15, 0.2) is 0 Å². The zero-order chi connectivity index (χ0) is 39.2. The molecule has 0 aliphatic heterocycles. The number of fused-ring (bicyclic) bond motifs is 7. The first-order chi connectivity index (χ1) is 24.7. The van der Waals surface area contributed by atoms with Crippen molar-refractivity contribution < 1.29 is 28.7 Å². The Bertz CT molecular complexity index is 1420. The highest BCUT2D eigenvalue weighted by Crippen LogP contribution is 2.77. The molecule has 2 amide bonds. The van der Waals surface area contributed by atoms with E-state index >= 15 is 0 Å². The van der Waals surface area contributed by atoms with Crippen LogP contribution in [-0.2, 0) is 28.7 Å². The number of hydrogen-bond acceptors (Lipinski definition) is 6. The number of ether oxygens (including phenoxy) is 2. The van der Waals surface area contributed by atoms with E-state index in [9.17, 15) is 19.2 Å². The Labute approximate surface area is 321 Å². The molecule has 0 aromatic carbocycles. The zero-order valence-corrected chi connectivity index (χ0v) is 35.1. The lowest BCUT2D eigenvalue weighted by atomic mass is 9.32. The third-order valence-corrected chi connectivity index (χ3v) is 16.8. The number of nitrogens with one attached hydrogen (secondary N) is 2. The molecule has 0 unspecified atom stereocenters. The van der Waals surface area contributed by atoms with Gasteiger partial charge in [0.2, 0.25) is 11.8 Å². The van der Waals surface area contributed by atoms with Crippen LogP contribution in [0.25, 0.3) is 0 Å². The summed E-state index contributed by atoms with van der Waals surface area (Å²) in [5.74, 6) is 1.94. The van der Waals surface area contributed by atoms with Crippen molar-refractivity contribution in [2.75, 3.05) is 13.7 Å². The molecule has 8 nitrogen and oxygen atoms in total. The van der Waals surface area contributed by atoms with E-state index in [-0.39, 0.29) is 51.0 Å². The Morgan fingerprint density at radius 2 is 1.45 bits per heavy atom. The van der Waals surface area contributed by atoms with Crippen LogP contribution in [0, 0.1) is 56.7 Å². The molecule has 5 aliphatic carbocycles. The van der Waals surface area contributed by atoms with E-state index in [1.807, 2.05) is 0 Å². The van der Waals surface area contributed by atoms with E-state index in [4.69, 9.17) is 9.47 Å². The number of allylic oxidation sites excluding steroid dienone is 1. The molecule has 0 heterocycles. The first-order valence-electron chi connectivity index (χ1n) is 21.2. The summed E-state index contributed by atoms with van der Waals surface area (Å²) in [5, 5.41) is 6.22. The van der Waals surface area contributed by atoms with Gasteiger partial charge in [-0.25, -0.2) is 4.79 Å². The van der Waals surface area contributed by atoms with Gasteiger partial charge in [-0.2, -0.15) is 0 Å². The number of rotatable bonds is 13. The number of unbranched alkanes of at least 4 members (excludes halogenated alkanes) is 4. The van der Waals surface area contributed by atoms with Gasteiger partial charge in [0.1, 0.15) is 11.6 Å². The maximum atomic E-state index is 14.5. The predicted molar refractivity (Wildman–Crippen MR) is 209 cm³/mol. The van der Waals surface area contributed by atoms with Gasteiger partial charge in [-0.3, -0.25) is 14.4 Å². The Morgan fingerprint density at radius 3 is 2.11 bits per heavy atom. The normalized spacial score (nSPS) is 38.6. The molecule has 5 saturated carbocycles. The fourth-order valence-electron chi connectivity index (χ4n) is 14.0. The third kappa shape index (κ3) is 7.25. The quantitative estimate of drug-likeness (QED) is 0.111. The number of amides is 2. The summed E-state index contributed by atoms with van der Waals surface area (Å²) in [6, 6.07) is 0. The third-order valence-electron chi connectivity index (χ3n) is 16.8. The van der Waals surface area contributed by atoms with E-state index in [0.717, 1.165) is 70.6 Å². The first-order valence-corrected chi connectivity index (χ1v) is 21.2. The molecule has 0 bridgehead atoms. The molecule has 10 atom stereocenters. The molecule has 0 aromatic heterocycles. The smallest absolute Gasteiger partial charge is 0.330 e. The van der Waals surface area contributed by atoms with Gasteiger partial charge >= 0.3 is 11.9 Å². The van der Waals surface area contributed by atoms with Crippen LogP contribution in [-0.4, -0.2) is 49.1 Å². The summed E-state index contributed by atoms with van der Waals surface area (Å²) < 4.78 is 10.7. The fourth-order valence-corrected chi connectivity index (χ4v) is 14.0. The second kappa shape index (κ2) is 15.3. The molecular weight excluding hydrogens is 665 g/mol. The van der Waals surface area contributed by atoms with E-state index in [1.165, 1.54) is 38.4 Å². The summed E-state index contributed by atoms with van der Waals surface area (Å²) in [6.45, 7) is 24.9. The minimum absolute atomic E-state index is 0.00979. The van der Waals surface area contributed by atoms with Crippen LogP contribution in [0.3, 0.4) is 0 Å². The van der Waals surface area contributed by atoms with Crippen LogP contribution in [0.15, 0.2) is 12.2 Å². The average Bonchev–Trinajstić information content (AvgIpc) is 3.48. The van der Waals surface area contributed by atoms with Gasteiger partial charge in [0, 0.05) is 25.3 Å². The molecule has 5 rings (SSSR count). The molecule has 0 spiro atoms. The van der Waals surface area contributed by atoms with Gasteiger partial charge < -0.3 is 20.1 Å². The molecule has 0 radical (unpaired) electrons. The minimum Gasteiger partial charge on any atom is -0.467 e. The second-order valence-corrected chi connectivity index (χ2v) is 20.2. The van der Waals surface area contributed by atoms with Crippen LogP contribution < -0.4 is 10.6 Å². The largest absolute Gasteiger partial charge is 0.467 e. The van der Waals surface area contributed by atoms with E-state index < -0.39 is 11.5 Å². The van der Waals surface area contributed by atoms with Gasteiger partial charge in [-0.15, -0.1) is 0 Å². The van der Waals surface area contributed by atoms with Crippen molar-refractivity contribution in [1.82, 2.24) is 10.6 Å². The zero-order valence-electron chi connectivity index (χ0n) is 35.1. The lowest BCUT2D eigenvalue weighted by molar-refractivity contribution is -0.248. The van der Waals surface area contributed by atoms with Crippen molar-refractivity contribution in [3.63, 3.8) is 0 Å². The van der Waals surface area contributed by atoms with Crippen molar-refractivity contribution >= 4 is 23.8 Å². The summed E-state index contributed by atoms with van der Waals surface area (Å²) in [5.41, 5.74) is 0.453. The molecule has 0 saturated heterocycles. The molecule has 5 aliphatic rings. The topological polar surface area (TPSA) is 111 Å². The van der Waals surface area contributed by atoms with E-state index in [1.54, 1.807) is 20.8 Å². The average molecular weight is 739 g/mol. The van der Waals surface area contributed by atoms with Crippen LogP contribution in [0.2, 0.25) is 0 Å². The highest BCUT2D eigenvalue weighted by Gasteiger charge is 2.72. The number of methoxy groups -OCH3 is 1. The Kier molecular flexibility index (Phi) is 12.0. The summed E-state index contributed by atoms with van der Waals surface area (Å²) in [4.78, 5) is 50.7. The minimum atomic E-state index is -1.02. The maximum absolute atomic E-state index is 14.5. The highest BCUT2D eigenvalue weighted by molar-refractivity contribution is 5.87. The van der Waals surface area contributed by atoms with E-state index in [0.29, 0.717) is 42.6 Å². The molecule has 53 heavy (non-hydrogen) atoms. The van der Waals surface area contributed by atoms with Crippen molar-refractivity contribution in [2.24, 2.45) is 56.7 Å². The Morgan fingerprint density at radius 1 is 0.774 bits per heavy atom. The number of carbonyl (C=O) groups excluding carboxylic acids is 4. The van der Waals surface area contributed by atoms with Gasteiger partial charge in [-0.05, 0) is 144 Å². The highest BCUT2D eigenvalue weighted by atomic mass is 16.5. The van der Waals surface area contributed by atoms with Gasteiger partial charge in [0.25, 0.3) is 0 Å². The Hall–Kier alpha value is -2.38. The van der Waals surface area contributed by atoms with Crippen LogP contribution >= 0.6 is 0 Å². The fraction of sp³-hybridized carbons (Fsp3) is 0.867. The second-order valence-electron chi connectivity index (χ2n) is 20.2.